The van der Waals surface area contributed by atoms with E-state index in [2.05, 4.69) is 54.4 Å². The van der Waals surface area contributed by atoms with E-state index in [1.54, 1.807) is 0 Å². The van der Waals surface area contributed by atoms with Crippen molar-refractivity contribution in [2.24, 2.45) is 5.92 Å². The fourth-order valence-corrected chi connectivity index (χ4v) is 1.61. The molecule has 1 unspecified atom stereocenters. The first-order chi connectivity index (χ1) is 8.52. The van der Waals surface area contributed by atoms with Gasteiger partial charge in [0.1, 0.15) is 0 Å². The summed E-state index contributed by atoms with van der Waals surface area (Å²) in [4.78, 5) is 11.8. The number of hydrogen-bond acceptors (Lipinski definition) is 2. The van der Waals surface area contributed by atoms with Crippen molar-refractivity contribution in [3.63, 3.8) is 0 Å². The molecule has 0 bridgehead atoms. The van der Waals surface area contributed by atoms with Crippen LogP contribution in [0.5, 0.6) is 0 Å². The van der Waals surface area contributed by atoms with Gasteiger partial charge >= 0.3 is 0 Å². The molecule has 0 radical (unpaired) electrons. The molecule has 18 heavy (non-hydrogen) atoms. The van der Waals surface area contributed by atoms with Crippen molar-refractivity contribution < 1.29 is 4.79 Å². The maximum absolute atomic E-state index is 11.8. The number of rotatable bonds is 7. The number of carbonyl (C=O) groups excluding carboxylic acids is 1. The Kier molecular flexibility index (Phi) is 5.92. The molecule has 4 nitrogen and oxygen atoms in total. The van der Waals surface area contributed by atoms with E-state index in [0.717, 1.165) is 19.6 Å². The van der Waals surface area contributed by atoms with Gasteiger partial charge in [0.05, 0.1) is 6.04 Å². The van der Waals surface area contributed by atoms with Gasteiger partial charge in [-0.1, -0.05) is 13.8 Å². The van der Waals surface area contributed by atoms with Crippen molar-refractivity contribution in [3.05, 3.63) is 24.0 Å². The summed E-state index contributed by atoms with van der Waals surface area (Å²) in [6.07, 6.45) is 4.16. The molecule has 1 heterocycles. The lowest BCUT2D eigenvalue weighted by molar-refractivity contribution is -0.122. The molecule has 0 aliphatic heterocycles. The topological polar surface area (TPSA) is 46.1 Å². The summed E-state index contributed by atoms with van der Waals surface area (Å²) in [6, 6.07) is 1.92. The van der Waals surface area contributed by atoms with E-state index in [1.165, 1.54) is 5.56 Å². The van der Waals surface area contributed by atoms with Gasteiger partial charge in [-0.2, -0.15) is 0 Å². The second-order valence-corrected chi connectivity index (χ2v) is 5.09. The summed E-state index contributed by atoms with van der Waals surface area (Å²) in [7, 11) is 0. The summed E-state index contributed by atoms with van der Waals surface area (Å²) in [6.45, 7) is 10.6. The molecule has 1 rings (SSSR count). The highest BCUT2D eigenvalue weighted by Gasteiger charge is 2.11. The van der Waals surface area contributed by atoms with Gasteiger partial charge in [0.25, 0.3) is 0 Å². The molecule has 0 saturated heterocycles. The van der Waals surface area contributed by atoms with Crippen LogP contribution in [0.3, 0.4) is 0 Å². The summed E-state index contributed by atoms with van der Waals surface area (Å²) in [5, 5.41) is 6.16. The molecule has 1 aromatic rings. The largest absolute Gasteiger partial charge is 0.354 e. The second kappa shape index (κ2) is 7.21. The monoisotopic (exact) mass is 251 g/mol. The van der Waals surface area contributed by atoms with Gasteiger partial charge in [0.2, 0.25) is 5.91 Å². The molecule has 2 N–H and O–H groups in total. The molecule has 0 saturated carbocycles. The lowest BCUT2D eigenvalue weighted by atomic mass is 10.2. The van der Waals surface area contributed by atoms with Crippen LogP contribution in [0.15, 0.2) is 18.5 Å². The third kappa shape index (κ3) is 4.92. The molecule has 0 fully saturated rings. The highest BCUT2D eigenvalue weighted by Crippen LogP contribution is 2.01. The fourth-order valence-electron chi connectivity index (χ4n) is 1.61. The molecule has 0 aliphatic carbocycles. The Labute approximate surface area is 110 Å². The quantitative estimate of drug-likeness (QED) is 0.775. The van der Waals surface area contributed by atoms with Gasteiger partial charge in [-0.25, -0.2) is 0 Å². The first kappa shape index (κ1) is 14.8. The zero-order chi connectivity index (χ0) is 13.5. The van der Waals surface area contributed by atoms with Crippen LogP contribution in [-0.2, 0) is 17.9 Å². The average molecular weight is 251 g/mol. The maximum atomic E-state index is 11.8. The van der Waals surface area contributed by atoms with Gasteiger partial charge in [0.15, 0.2) is 0 Å². The Balaban J connectivity index is 2.31. The normalized spacial score (nSPS) is 12.7. The van der Waals surface area contributed by atoms with Crippen molar-refractivity contribution in [2.75, 3.05) is 6.54 Å². The van der Waals surface area contributed by atoms with Crippen molar-refractivity contribution >= 4 is 5.91 Å². The van der Waals surface area contributed by atoms with E-state index >= 15 is 0 Å². The number of amides is 1. The Bertz CT molecular complexity index is 371. The van der Waals surface area contributed by atoms with E-state index in [0.29, 0.717) is 5.92 Å². The maximum Gasteiger partial charge on any atom is 0.236 e. The number of nitrogens with one attached hydrogen (secondary N) is 2. The minimum absolute atomic E-state index is 0.0682. The SMILES string of the molecule is CCn1ccc(CNC(C)C(=O)NCC(C)C)c1. The van der Waals surface area contributed by atoms with Crippen LogP contribution in [0, 0.1) is 5.92 Å². The van der Waals surface area contributed by atoms with E-state index < -0.39 is 0 Å². The molecular formula is C14H25N3O. The molecule has 1 atom stereocenters. The van der Waals surface area contributed by atoms with Gasteiger partial charge in [-0.3, -0.25) is 4.79 Å². The van der Waals surface area contributed by atoms with Gasteiger partial charge in [-0.05, 0) is 31.4 Å². The van der Waals surface area contributed by atoms with E-state index in [1.807, 2.05) is 6.92 Å². The van der Waals surface area contributed by atoms with Crippen LogP contribution in [0.25, 0.3) is 0 Å². The molecule has 1 amide bonds. The third-order valence-corrected chi connectivity index (χ3v) is 2.87. The summed E-state index contributed by atoms with van der Waals surface area (Å²) in [5.41, 5.74) is 1.21. The standard InChI is InChI=1S/C14H25N3O/c1-5-17-7-6-13(10-17)9-15-12(4)14(18)16-8-11(2)3/h6-7,10-12,15H,5,8-9H2,1-4H3,(H,16,18). The number of nitrogens with zero attached hydrogens (tertiary/aromatic N) is 1. The van der Waals surface area contributed by atoms with Crippen LogP contribution < -0.4 is 10.6 Å². The predicted molar refractivity (Wildman–Crippen MR) is 74.3 cm³/mol. The Morgan fingerprint density at radius 2 is 2.11 bits per heavy atom. The van der Waals surface area contributed by atoms with E-state index in [-0.39, 0.29) is 11.9 Å². The number of aryl methyl sites for hydroxylation is 1. The van der Waals surface area contributed by atoms with Crippen LogP contribution in [0.4, 0.5) is 0 Å². The smallest absolute Gasteiger partial charge is 0.236 e. The van der Waals surface area contributed by atoms with Crippen molar-refractivity contribution in [1.82, 2.24) is 15.2 Å². The Morgan fingerprint density at radius 1 is 1.39 bits per heavy atom. The molecule has 0 spiro atoms. The number of aromatic nitrogens is 1. The zero-order valence-corrected chi connectivity index (χ0v) is 11.9. The highest BCUT2D eigenvalue weighted by molar-refractivity contribution is 5.81. The predicted octanol–water partition coefficient (Wildman–Crippen LogP) is 1.76. The first-order valence-corrected chi connectivity index (χ1v) is 6.68. The van der Waals surface area contributed by atoms with Crippen molar-refractivity contribution in [3.8, 4) is 0 Å². The molecule has 4 heteroatoms. The molecule has 0 aliphatic rings. The van der Waals surface area contributed by atoms with Crippen molar-refractivity contribution in [1.29, 1.82) is 0 Å². The summed E-state index contributed by atoms with van der Waals surface area (Å²) >= 11 is 0. The lowest BCUT2D eigenvalue weighted by Crippen LogP contribution is -2.42. The summed E-state index contributed by atoms with van der Waals surface area (Å²) < 4.78 is 2.13. The molecule has 102 valence electrons. The van der Waals surface area contributed by atoms with Crippen LogP contribution >= 0.6 is 0 Å². The third-order valence-electron chi connectivity index (χ3n) is 2.87. The minimum Gasteiger partial charge on any atom is -0.354 e. The van der Waals surface area contributed by atoms with Crippen molar-refractivity contribution in [2.45, 2.75) is 46.8 Å². The van der Waals surface area contributed by atoms with Crippen LogP contribution in [0.2, 0.25) is 0 Å². The average Bonchev–Trinajstić information content (AvgIpc) is 2.80. The molecular weight excluding hydrogens is 226 g/mol. The number of carbonyl (C=O) groups is 1. The lowest BCUT2D eigenvalue weighted by Gasteiger charge is -2.14. The van der Waals surface area contributed by atoms with Crippen LogP contribution in [-0.4, -0.2) is 23.1 Å². The van der Waals surface area contributed by atoms with Gasteiger partial charge in [0, 0.05) is 32.0 Å². The highest BCUT2D eigenvalue weighted by atomic mass is 16.2. The Morgan fingerprint density at radius 3 is 2.67 bits per heavy atom. The summed E-state index contributed by atoms with van der Waals surface area (Å²) in [5.74, 6) is 0.554. The molecule has 1 aromatic heterocycles. The Hall–Kier alpha value is -1.29. The van der Waals surface area contributed by atoms with Gasteiger partial charge in [-0.15, -0.1) is 0 Å². The zero-order valence-electron chi connectivity index (χ0n) is 11.9. The first-order valence-electron chi connectivity index (χ1n) is 6.68. The second-order valence-electron chi connectivity index (χ2n) is 5.09. The van der Waals surface area contributed by atoms with E-state index in [4.69, 9.17) is 0 Å². The minimum atomic E-state index is -0.159. The van der Waals surface area contributed by atoms with Crippen LogP contribution in [0.1, 0.15) is 33.3 Å². The van der Waals surface area contributed by atoms with E-state index in [9.17, 15) is 4.79 Å². The van der Waals surface area contributed by atoms with Gasteiger partial charge < -0.3 is 15.2 Å². The molecule has 0 aromatic carbocycles. The fraction of sp³-hybridized carbons (Fsp3) is 0.643. The number of hydrogen-bond donors (Lipinski definition) is 2.